The zero-order valence-electron chi connectivity index (χ0n) is 26.3. The molecule has 0 spiro atoms. The van der Waals surface area contributed by atoms with E-state index in [0.29, 0.717) is 35.1 Å². The third kappa shape index (κ3) is 8.02. The minimum Gasteiger partial charge on any atom is -0.475 e. The number of aromatic carboxylic acids is 1. The SMILES string of the molecule is Cc1cccc(-c2nc3nc(C(=O)O)nc(NC4CCC(CCC(=O)OC(C)(C)C)CC4)c3n2Cc2ccc(C(F)(F)F)cc2)c1. The van der Waals surface area contributed by atoms with Crippen LogP contribution >= 0.6 is 0 Å². The summed E-state index contributed by atoms with van der Waals surface area (Å²) in [6, 6.07) is 12.5. The van der Waals surface area contributed by atoms with Crippen LogP contribution in [0.15, 0.2) is 48.5 Å². The number of nitrogens with one attached hydrogen (secondary N) is 1. The summed E-state index contributed by atoms with van der Waals surface area (Å²) in [4.78, 5) is 37.6. The van der Waals surface area contributed by atoms with E-state index >= 15 is 0 Å². The molecule has 2 aromatic heterocycles. The molecule has 244 valence electrons. The highest BCUT2D eigenvalue weighted by Crippen LogP contribution is 2.34. The van der Waals surface area contributed by atoms with Crippen molar-refractivity contribution in [2.75, 3.05) is 5.32 Å². The molecule has 12 heteroatoms. The van der Waals surface area contributed by atoms with Crippen molar-refractivity contribution in [1.29, 1.82) is 0 Å². The number of carboxylic acid groups (broad SMARTS) is 1. The molecule has 0 atom stereocenters. The van der Waals surface area contributed by atoms with Crippen LogP contribution in [0.1, 0.15) is 86.6 Å². The molecule has 1 fully saturated rings. The van der Waals surface area contributed by atoms with E-state index in [4.69, 9.17) is 9.72 Å². The fourth-order valence-corrected chi connectivity index (χ4v) is 5.88. The Morgan fingerprint density at radius 2 is 1.70 bits per heavy atom. The maximum absolute atomic E-state index is 13.3. The molecule has 0 radical (unpaired) electrons. The maximum atomic E-state index is 13.3. The van der Waals surface area contributed by atoms with Gasteiger partial charge in [-0.05, 0) is 89.5 Å². The Balaban J connectivity index is 1.46. The molecule has 4 aromatic rings. The number of aromatic nitrogens is 4. The Bertz CT molecular complexity index is 1720. The van der Waals surface area contributed by atoms with Crippen LogP contribution in [0.4, 0.5) is 19.0 Å². The van der Waals surface area contributed by atoms with Gasteiger partial charge in [-0.2, -0.15) is 13.2 Å². The van der Waals surface area contributed by atoms with Gasteiger partial charge in [0.15, 0.2) is 11.5 Å². The summed E-state index contributed by atoms with van der Waals surface area (Å²) in [7, 11) is 0. The highest BCUT2D eigenvalue weighted by atomic mass is 19.4. The summed E-state index contributed by atoms with van der Waals surface area (Å²) in [5.74, 6) is -0.754. The van der Waals surface area contributed by atoms with Gasteiger partial charge in [0.1, 0.15) is 16.9 Å². The van der Waals surface area contributed by atoms with Gasteiger partial charge < -0.3 is 19.7 Å². The molecule has 2 N–H and O–H groups in total. The van der Waals surface area contributed by atoms with Crippen molar-refractivity contribution in [3.05, 3.63) is 71.0 Å². The summed E-state index contributed by atoms with van der Waals surface area (Å²) in [6.45, 7) is 7.63. The van der Waals surface area contributed by atoms with Crippen LogP contribution in [-0.2, 0) is 22.3 Å². The first-order chi connectivity index (χ1) is 21.7. The van der Waals surface area contributed by atoms with Crippen molar-refractivity contribution >= 4 is 28.9 Å². The number of carbonyl (C=O) groups excluding carboxylic acids is 1. The van der Waals surface area contributed by atoms with Gasteiger partial charge in [0.05, 0.1) is 5.56 Å². The number of anilines is 1. The normalized spacial score (nSPS) is 17.2. The Labute approximate surface area is 265 Å². The van der Waals surface area contributed by atoms with Crippen LogP contribution < -0.4 is 5.32 Å². The number of carbonyl (C=O) groups is 2. The maximum Gasteiger partial charge on any atom is 0.416 e. The average Bonchev–Trinajstić information content (AvgIpc) is 3.34. The predicted octanol–water partition coefficient (Wildman–Crippen LogP) is 7.66. The lowest BCUT2D eigenvalue weighted by molar-refractivity contribution is -0.155. The molecule has 0 amide bonds. The van der Waals surface area contributed by atoms with Crippen LogP contribution in [0.2, 0.25) is 0 Å². The van der Waals surface area contributed by atoms with E-state index < -0.39 is 29.1 Å². The van der Waals surface area contributed by atoms with E-state index in [2.05, 4.69) is 15.3 Å². The van der Waals surface area contributed by atoms with Crippen molar-refractivity contribution in [3.8, 4) is 11.4 Å². The second-order valence-electron chi connectivity index (χ2n) is 12.9. The monoisotopic (exact) mass is 637 g/mol. The van der Waals surface area contributed by atoms with Gasteiger partial charge in [-0.1, -0.05) is 35.9 Å². The van der Waals surface area contributed by atoms with Crippen molar-refractivity contribution in [1.82, 2.24) is 19.5 Å². The fourth-order valence-electron chi connectivity index (χ4n) is 5.88. The highest BCUT2D eigenvalue weighted by Gasteiger charge is 2.30. The van der Waals surface area contributed by atoms with E-state index in [0.717, 1.165) is 55.4 Å². The minimum absolute atomic E-state index is 0.0191. The van der Waals surface area contributed by atoms with E-state index in [1.165, 1.54) is 12.1 Å². The van der Waals surface area contributed by atoms with E-state index in [1.807, 2.05) is 56.5 Å². The van der Waals surface area contributed by atoms with Crippen LogP contribution in [-0.4, -0.2) is 48.2 Å². The zero-order chi connectivity index (χ0) is 33.2. The Kier molecular flexibility index (Phi) is 9.37. The molecule has 2 aromatic carbocycles. The summed E-state index contributed by atoms with van der Waals surface area (Å²) in [6.07, 6.45) is -0.0451. The average molecular weight is 638 g/mol. The fraction of sp³-hybridized carbons (Fsp3) is 0.441. The van der Waals surface area contributed by atoms with Crippen molar-refractivity contribution in [2.24, 2.45) is 5.92 Å². The predicted molar refractivity (Wildman–Crippen MR) is 167 cm³/mol. The van der Waals surface area contributed by atoms with E-state index in [-0.39, 0.29) is 24.2 Å². The number of ether oxygens (including phenoxy) is 1. The molecule has 1 aliphatic rings. The first-order valence-electron chi connectivity index (χ1n) is 15.4. The summed E-state index contributed by atoms with van der Waals surface area (Å²) in [5, 5.41) is 13.3. The number of nitrogens with zero attached hydrogens (tertiary/aromatic N) is 4. The largest absolute Gasteiger partial charge is 0.475 e. The Hall–Kier alpha value is -4.48. The molecule has 0 bridgehead atoms. The number of benzene rings is 2. The number of hydrogen-bond donors (Lipinski definition) is 2. The summed E-state index contributed by atoms with van der Waals surface area (Å²) < 4.78 is 47.1. The van der Waals surface area contributed by atoms with Gasteiger partial charge in [-0.3, -0.25) is 4.79 Å². The molecule has 0 saturated heterocycles. The van der Waals surface area contributed by atoms with E-state index in [1.54, 1.807) is 0 Å². The number of imidazole rings is 1. The number of aryl methyl sites for hydroxylation is 1. The number of fused-ring (bicyclic) bond motifs is 1. The topological polar surface area (TPSA) is 119 Å². The van der Waals surface area contributed by atoms with Gasteiger partial charge >= 0.3 is 18.1 Å². The smallest absolute Gasteiger partial charge is 0.416 e. The summed E-state index contributed by atoms with van der Waals surface area (Å²) in [5.41, 5.74) is 1.69. The van der Waals surface area contributed by atoms with Gasteiger partial charge in [0.25, 0.3) is 0 Å². The molecule has 9 nitrogen and oxygen atoms in total. The van der Waals surface area contributed by atoms with Gasteiger partial charge in [0, 0.05) is 24.6 Å². The van der Waals surface area contributed by atoms with Crippen LogP contribution in [0.3, 0.4) is 0 Å². The molecular weight excluding hydrogens is 599 g/mol. The number of carboxylic acids is 1. The van der Waals surface area contributed by atoms with Gasteiger partial charge in [0.2, 0.25) is 5.82 Å². The van der Waals surface area contributed by atoms with Gasteiger partial charge in [-0.15, -0.1) is 0 Å². The van der Waals surface area contributed by atoms with Crippen molar-refractivity contribution in [3.63, 3.8) is 0 Å². The quantitative estimate of drug-likeness (QED) is 0.180. The lowest BCUT2D eigenvalue weighted by atomic mass is 9.83. The summed E-state index contributed by atoms with van der Waals surface area (Å²) >= 11 is 0. The molecule has 0 unspecified atom stereocenters. The third-order valence-corrected chi connectivity index (χ3v) is 8.06. The number of rotatable bonds is 9. The highest BCUT2D eigenvalue weighted by molar-refractivity contribution is 5.92. The molecule has 2 heterocycles. The molecule has 1 aliphatic carbocycles. The van der Waals surface area contributed by atoms with Crippen LogP contribution in [0, 0.1) is 12.8 Å². The van der Waals surface area contributed by atoms with Gasteiger partial charge in [-0.25, -0.2) is 19.7 Å². The van der Waals surface area contributed by atoms with Crippen LogP contribution in [0.5, 0.6) is 0 Å². The Morgan fingerprint density at radius 3 is 2.30 bits per heavy atom. The standard InChI is InChI=1S/C34H38F3N5O4/c1-20-6-5-7-23(18-20)31-41-29-27(42(31)19-22-8-13-24(14-9-22)34(35,36)37)28(39-30(40-29)32(44)45)38-25-15-10-21(11-16-25)12-17-26(43)46-33(2,3)4/h5-9,13-14,18,21,25H,10-12,15-17,19H2,1-4H3,(H,44,45)(H,38,39,40). The molecule has 1 saturated carbocycles. The first kappa shape index (κ1) is 32.9. The zero-order valence-corrected chi connectivity index (χ0v) is 26.3. The molecule has 46 heavy (non-hydrogen) atoms. The second kappa shape index (κ2) is 13.1. The second-order valence-corrected chi connectivity index (χ2v) is 12.9. The Morgan fingerprint density at radius 1 is 1.00 bits per heavy atom. The van der Waals surface area contributed by atoms with E-state index in [9.17, 15) is 27.9 Å². The number of esters is 1. The van der Waals surface area contributed by atoms with Crippen molar-refractivity contribution < 1.29 is 32.6 Å². The minimum atomic E-state index is -4.46. The molecule has 5 rings (SSSR count). The van der Waals surface area contributed by atoms with Crippen LogP contribution in [0.25, 0.3) is 22.6 Å². The number of hydrogen-bond acceptors (Lipinski definition) is 7. The molecular formula is C34H38F3N5O4. The third-order valence-electron chi connectivity index (χ3n) is 8.06. The number of halogens is 3. The number of alkyl halides is 3. The lowest BCUT2D eigenvalue weighted by Crippen LogP contribution is -2.28. The van der Waals surface area contributed by atoms with Crippen molar-refractivity contribution in [2.45, 2.75) is 90.6 Å². The molecule has 0 aliphatic heterocycles. The first-order valence-corrected chi connectivity index (χ1v) is 15.4. The lowest BCUT2D eigenvalue weighted by Gasteiger charge is -2.30.